The van der Waals surface area contributed by atoms with Gasteiger partial charge in [-0.25, -0.2) is 8.78 Å². The lowest BCUT2D eigenvalue weighted by Gasteiger charge is -2.45. The normalized spacial score (nSPS) is 23.0. The number of benzene rings is 2. The van der Waals surface area contributed by atoms with Crippen LogP contribution in [0.3, 0.4) is 0 Å². The monoisotopic (exact) mass is 366 g/mol. The molecule has 5 rings (SSSR count). The lowest BCUT2D eigenvalue weighted by molar-refractivity contribution is 0.0545. The Morgan fingerprint density at radius 1 is 1.15 bits per heavy atom. The topological polar surface area (TPSA) is 32.7 Å². The maximum Gasteiger partial charge on any atom is 0.254 e. The van der Waals surface area contributed by atoms with Gasteiger partial charge in [0.15, 0.2) is 0 Å². The van der Waals surface area contributed by atoms with Crippen molar-refractivity contribution in [3.05, 3.63) is 64.2 Å². The van der Waals surface area contributed by atoms with Crippen molar-refractivity contribution in [2.75, 3.05) is 6.54 Å². The summed E-state index contributed by atoms with van der Waals surface area (Å²) in [6.45, 7) is 0.688. The maximum atomic E-state index is 14.2. The molecule has 0 radical (unpaired) electrons. The van der Waals surface area contributed by atoms with Crippen molar-refractivity contribution in [2.45, 2.75) is 44.1 Å². The molecule has 2 aliphatic heterocycles. The van der Waals surface area contributed by atoms with E-state index >= 15 is 0 Å². The van der Waals surface area contributed by atoms with Crippen molar-refractivity contribution >= 4 is 17.8 Å². The molecule has 138 valence electrons. The molecule has 0 N–H and O–H groups in total. The molecule has 2 aromatic rings. The van der Waals surface area contributed by atoms with Crippen molar-refractivity contribution in [3.8, 4) is 0 Å². The first-order chi connectivity index (χ1) is 13.1. The number of amides is 1. The summed E-state index contributed by atoms with van der Waals surface area (Å²) in [6.07, 6.45) is 5.63. The third kappa shape index (κ3) is 2.68. The second-order valence-corrected chi connectivity index (χ2v) is 7.67. The first kappa shape index (κ1) is 16.6. The van der Waals surface area contributed by atoms with E-state index in [0.29, 0.717) is 24.1 Å². The average molecular weight is 366 g/mol. The Hall–Kier alpha value is -2.56. The summed E-state index contributed by atoms with van der Waals surface area (Å²) >= 11 is 0. The molecule has 0 saturated carbocycles. The van der Waals surface area contributed by atoms with Crippen LogP contribution >= 0.6 is 0 Å². The quantitative estimate of drug-likeness (QED) is 0.728. The SMILES string of the molecule is O=C(c1ccc2c(c1)N=CC2)N1CCCC2c3cc(F)cc(F)c3CC[C@H]21. The van der Waals surface area contributed by atoms with Gasteiger partial charge in [0.1, 0.15) is 11.6 Å². The van der Waals surface area contributed by atoms with E-state index in [1.165, 1.54) is 6.07 Å². The smallest absolute Gasteiger partial charge is 0.254 e. The lowest BCUT2D eigenvalue weighted by Crippen LogP contribution is -2.49. The van der Waals surface area contributed by atoms with E-state index in [1.54, 1.807) is 0 Å². The van der Waals surface area contributed by atoms with Crippen LogP contribution in [0.25, 0.3) is 0 Å². The summed E-state index contributed by atoms with van der Waals surface area (Å²) in [5.74, 6) is -0.991. The summed E-state index contributed by atoms with van der Waals surface area (Å²) in [4.78, 5) is 19.5. The molecule has 1 aliphatic carbocycles. The average Bonchev–Trinajstić information content (AvgIpc) is 3.14. The number of nitrogens with zero attached hydrogens (tertiary/aromatic N) is 2. The van der Waals surface area contributed by atoms with Gasteiger partial charge < -0.3 is 4.90 Å². The highest BCUT2D eigenvalue weighted by molar-refractivity contribution is 5.96. The van der Waals surface area contributed by atoms with E-state index < -0.39 is 11.6 Å². The number of aliphatic imine (C=N–C) groups is 1. The van der Waals surface area contributed by atoms with Crippen LogP contribution in [0.15, 0.2) is 35.3 Å². The van der Waals surface area contributed by atoms with Crippen LogP contribution in [0, 0.1) is 11.6 Å². The lowest BCUT2D eigenvalue weighted by atomic mass is 9.74. The molecule has 1 saturated heterocycles. The van der Waals surface area contributed by atoms with Crippen molar-refractivity contribution < 1.29 is 13.6 Å². The molecule has 1 amide bonds. The van der Waals surface area contributed by atoms with Gasteiger partial charge in [0, 0.05) is 42.8 Å². The first-order valence-electron chi connectivity index (χ1n) is 9.56. The molecule has 0 spiro atoms. The zero-order chi connectivity index (χ0) is 18.5. The van der Waals surface area contributed by atoms with Crippen LogP contribution in [0.1, 0.15) is 52.2 Å². The molecule has 27 heavy (non-hydrogen) atoms. The Labute approximate surface area is 156 Å². The molecular formula is C22H20F2N2O. The highest BCUT2D eigenvalue weighted by Crippen LogP contribution is 2.42. The van der Waals surface area contributed by atoms with E-state index in [2.05, 4.69) is 4.99 Å². The van der Waals surface area contributed by atoms with Gasteiger partial charge in [0.25, 0.3) is 5.91 Å². The molecule has 1 fully saturated rings. The number of rotatable bonds is 1. The van der Waals surface area contributed by atoms with E-state index in [9.17, 15) is 13.6 Å². The van der Waals surface area contributed by atoms with Gasteiger partial charge in [-0.1, -0.05) is 6.07 Å². The van der Waals surface area contributed by atoms with E-state index in [1.807, 2.05) is 29.3 Å². The number of fused-ring (bicyclic) bond motifs is 4. The molecule has 0 aromatic heterocycles. The van der Waals surface area contributed by atoms with Gasteiger partial charge >= 0.3 is 0 Å². The molecular weight excluding hydrogens is 346 g/mol. The van der Waals surface area contributed by atoms with E-state index in [0.717, 1.165) is 48.6 Å². The Morgan fingerprint density at radius 2 is 2.04 bits per heavy atom. The van der Waals surface area contributed by atoms with Crippen molar-refractivity contribution in [1.29, 1.82) is 0 Å². The van der Waals surface area contributed by atoms with E-state index in [4.69, 9.17) is 0 Å². The highest BCUT2D eigenvalue weighted by atomic mass is 19.1. The molecule has 3 nitrogen and oxygen atoms in total. The van der Waals surface area contributed by atoms with Gasteiger partial charge in [-0.05, 0) is 60.6 Å². The summed E-state index contributed by atoms with van der Waals surface area (Å²) in [6, 6.07) is 8.13. The van der Waals surface area contributed by atoms with Gasteiger partial charge in [-0.3, -0.25) is 9.79 Å². The predicted molar refractivity (Wildman–Crippen MR) is 99.8 cm³/mol. The van der Waals surface area contributed by atoms with Crippen LogP contribution in [0.2, 0.25) is 0 Å². The van der Waals surface area contributed by atoms with Gasteiger partial charge in [0.2, 0.25) is 0 Å². The number of hydrogen-bond acceptors (Lipinski definition) is 2. The number of carbonyl (C=O) groups is 1. The maximum absolute atomic E-state index is 14.2. The number of halogens is 2. The largest absolute Gasteiger partial charge is 0.335 e. The van der Waals surface area contributed by atoms with Crippen molar-refractivity contribution in [2.24, 2.45) is 4.99 Å². The van der Waals surface area contributed by atoms with E-state index in [-0.39, 0.29) is 17.9 Å². The second kappa shape index (κ2) is 6.25. The van der Waals surface area contributed by atoms with Crippen LogP contribution in [-0.4, -0.2) is 29.6 Å². The summed E-state index contributed by atoms with van der Waals surface area (Å²) in [5.41, 5.74) is 4.02. The molecule has 1 unspecified atom stereocenters. The molecule has 2 aromatic carbocycles. The van der Waals surface area contributed by atoms with Crippen LogP contribution < -0.4 is 0 Å². The van der Waals surface area contributed by atoms with Crippen LogP contribution in [0.5, 0.6) is 0 Å². The standard InChI is InChI=1S/C22H20F2N2O/c23-15-11-18-16(19(24)12-15)5-6-21-17(18)2-1-9-26(21)22(27)14-4-3-13-7-8-25-20(13)10-14/h3-4,8,10-12,17,21H,1-2,5-7,9H2/t17?,21-/m1/s1. The summed E-state index contributed by atoms with van der Waals surface area (Å²) in [7, 11) is 0. The fourth-order valence-corrected chi connectivity index (χ4v) is 4.94. The fourth-order valence-electron chi connectivity index (χ4n) is 4.94. The number of hydrogen-bond donors (Lipinski definition) is 0. The molecule has 0 bridgehead atoms. The summed E-state index contributed by atoms with van der Waals surface area (Å²) < 4.78 is 28.0. The second-order valence-electron chi connectivity index (χ2n) is 7.67. The van der Waals surface area contributed by atoms with Gasteiger partial charge in [-0.15, -0.1) is 0 Å². The minimum atomic E-state index is -0.535. The highest BCUT2D eigenvalue weighted by Gasteiger charge is 2.39. The minimum absolute atomic E-state index is 0.00305. The Kier molecular flexibility index (Phi) is 3.85. The minimum Gasteiger partial charge on any atom is -0.335 e. The van der Waals surface area contributed by atoms with Crippen LogP contribution in [-0.2, 0) is 12.8 Å². The van der Waals surface area contributed by atoms with Crippen LogP contribution in [0.4, 0.5) is 14.5 Å². The molecule has 2 atom stereocenters. The number of piperidine rings is 1. The third-order valence-corrected chi connectivity index (χ3v) is 6.20. The molecule has 5 heteroatoms. The molecule has 3 aliphatic rings. The zero-order valence-electron chi connectivity index (χ0n) is 14.9. The zero-order valence-corrected chi connectivity index (χ0v) is 14.9. The fraction of sp³-hybridized carbons (Fsp3) is 0.364. The van der Waals surface area contributed by atoms with Gasteiger partial charge in [-0.2, -0.15) is 0 Å². The number of likely N-dealkylation sites (tertiary alicyclic amines) is 1. The summed E-state index contributed by atoms with van der Waals surface area (Å²) in [5, 5.41) is 0. The third-order valence-electron chi connectivity index (χ3n) is 6.20. The van der Waals surface area contributed by atoms with Gasteiger partial charge in [0.05, 0.1) is 5.69 Å². The number of carbonyl (C=O) groups excluding carboxylic acids is 1. The molecule has 2 heterocycles. The Bertz CT molecular complexity index is 969. The van der Waals surface area contributed by atoms with Crippen molar-refractivity contribution in [1.82, 2.24) is 4.90 Å². The Balaban J connectivity index is 1.48. The predicted octanol–water partition coefficient (Wildman–Crippen LogP) is 4.56. The Morgan fingerprint density at radius 3 is 2.93 bits per heavy atom. The first-order valence-corrected chi connectivity index (χ1v) is 9.56. The van der Waals surface area contributed by atoms with Crippen molar-refractivity contribution in [3.63, 3.8) is 0 Å².